The molecular weight excluding hydrogens is 204 g/mol. The second kappa shape index (κ2) is 8.08. The Hall–Kier alpha value is -0.123. The molecule has 0 rings (SSSR count). The molecule has 0 aromatic heterocycles. The first-order valence-electron chi connectivity index (χ1n) is 5.96. The smallest absolute Gasteiger partial charge is 0.334 e. The Morgan fingerprint density at radius 3 is 2.07 bits per heavy atom. The zero-order valence-corrected chi connectivity index (χ0v) is 11.8. The fourth-order valence-corrected chi connectivity index (χ4v) is 4.16. The third-order valence-corrected chi connectivity index (χ3v) is 5.44. The van der Waals surface area contributed by atoms with Crippen LogP contribution in [0.25, 0.3) is 0 Å². The van der Waals surface area contributed by atoms with Crippen molar-refractivity contribution in [2.45, 2.75) is 52.6 Å². The zero-order chi connectivity index (χ0) is 11.7. The first kappa shape index (κ1) is 14.9. The SMILES string of the molecule is C=C(C)CCCC[Si](C)(OCC)OCC. The van der Waals surface area contributed by atoms with Gasteiger partial charge in [0.2, 0.25) is 0 Å². The maximum absolute atomic E-state index is 5.77. The molecule has 0 aromatic carbocycles. The monoisotopic (exact) mass is 230 g/mol. The number of unbranched alkanes of at least 4 members (excludes halogenated alkanes) is 1. The molecule has 0 unspecified atom stereocenters. The van der Waals surface area contributed by atoms with Crippen molar-refractivity contribution in [3.05, 3.63) is 12.2 Å². The van der Waals surface area contributed by atoms with Gasteiger partial charge in [0, 0.05) is 13.2 Å². The van der Waals surface area contributed by atoms with Gasteiger partial charge in [-0.1, -0.05) is 12.0 Å². The maximum atomic E-state index is 5.77. The standard InChI is InChI=1S/C12H26O2Si/c1-6-13-15(5,14-7-2)11-9-8-10-12(3)4/h3,6-11H2,1-2,4-5H3. The predicted octanol–water partition coefficient (Wildman–Crippen LogP) is 3.88. The second-order valence-corrected chi connectivity index (χ2v) is 7.51. The van der Waals surface area contributed by atoms with Gasteiger partial charge in [-0.2, -0.15) is 0 Å². The van der Waals surface area contributed by atoms with Crippen LogP contribution in [0, 0.1) is 0 Å². The predicted molar refractivity (Wildman–Crippen MR) is 68.3 cm³/mol. The second-order valence-electron chi connectivity index (χ2n) is 4.16. The lowest BCUT2D eigenvalue weighted by Crippen LogP contribution is -2.38. The fourth-order valence-electron chi connectivity index (χ4n) is 1.67. The van der Waals surface area contributed by atoms with Crippen molar-refractivity contribution < 1.29 is 8.85 Å². The van der Waals surface area contributed by atoms with Gasteiger partial charge in [-0.05, 0) is 46.2 Å². The van der Waals surface area contributed by atoms with Gasteiger partial charge in [-0.15, -0.1) is 6.58 Å². The Labute approximate surface area is 95.9 Å². The van der Waals surface area contributed by atoms with Gasteiger partial charge >= 0.3 is 8.56 Å². The molecule has 0 amide bonds. The molecule has 0 spiro atoms. The minimum atomic E-state index is -1.85. The van der Waals surface area contributed by atoms with Gasteiger partial charge in [0.1, 0.15) is 0 Å². The summed E-state index contributed by atoms with van der Waals surface area (Å²) in [6.45, 7) is 13.8. The lowest BCUT2D eigenvalue weighted by Gasteiger charge is -2.25. The molecule has 90 valence electrons. The molecule has 0 radical (unpaired) electrons. The maximum Gasteiger partial charge on any atom is 0.334 e. The summed E-state index contributed by atoms with van der Waals surface area (Å²) in [5.41, 5.74) is 1.27. The van der Waals surface area contributed by atoms with Crippen LogP contribution >= 0.6 is 0 Å². The summed E-state index contributed by atoms with van der Waals surface area (Å²) in [7, 11) is -1.85. The van der Waals surface area contributed by atoms with Crippen LogP contribution < -0.4 is 0 Å². The largest absolute Gasteiger partial charge is 0.395 e. The number of rotatable bonds is 9. The zero-order valence-electron chi connectivity index (χ0n) is 10.8. The van der Waals surface area contributed by atoms with Crippen LogP contribution in [-0.4, -0.2) is 21.8 Å². The van der Waals surface area contributed by atoms with Gasteiger partial charge < -0.3 is 8.85 Å². The highest BCUT2D eigenvalue weighted by Crippen LogP contribution is 2.18. The van der Waals surface area contributed by atoms with Crippen LogP contribution in [0.5, 0.6) is 0 Å². The van der Waals surface area contributed by atoms with Gasteiger partial charge in [-0.3, -0.25) is 0 Å². The number of hydrogen-bond acceptors (Lipinski definition) is 2. The van der Waals surface area contributed by atoms with E-state index in [9.17, 15) is 0 Å². The van der Waals surface area contributed by atoms with E-state index in [-0.39, 0.29) is 0 Å². The van der Waals surface area contributed by atoms with Crippen molar-refractivity contribution in [3.8, 4) is 0 Å². The molecule has 0 aliphatic carbocycles. The molecule has 0 heterocycles. The molecule has 0 aliphatic heterocycles. The normalized spacial score (nSPS) is 11.7. The average molecular weight is 230 g/mol. The average Bonchev–Trinajstić information content (AvgIpc) is 2.13. The van der Waals surface area contributed by atoms with Crippen molar-refractivity contribution in [1.82, 2.24) is 0 Å². The summed E-state index contributed by atoms with van der Waals surface area (Å²) < 4.78 is 11.5. The van der Waals surface area contributed by atoms with Gasteiger partial charge in [0.25, 0.3) is 0 Å². The molecule has 0 bridgehead atoms. The summed E-state index contributed by atoms with van der Waals surface area (Å²) in [6.07, 6.45) is 3.52. The van der Waals surface area contributed by atoms with E-state index in [0.717, 1.165) is 25.7 Å². The van der Waals surface area contributed by atoms with Crippen molar-refractivity contribution in [1.29, 1.82) is 0 Å². The van der Waals surface area contributed by atoms with Crippen molar-refractivity contribution in [3.63, 3.8) is 0 Å². The first-order valence-corrected chi connectivity index (χ1v) is 8.48. The summed E-state index contributed by atoms with van der Waals surface area (Å²) in [5.74, 6) is 0. The highest BCUT2D eigenvalue weighted by molar-refractivity contribution is 6.66. The molecule has 0 saturated carbocycles. The van der Waals surface area contributed by atoms with E-state index >= 15 is 0 Å². The molecular formula is C12H26O2Si. The van der Waals surface area contributed by atoms with Crippen LogP contribution in [0.2, 0.25) is 12.6 Å². The summed E-state index contributed by atoms with van der Waals surface area (Å²) >= 11 is 0. The minimum absolute atomic E-state index is 0.767. The van der Waals surface area contributed by atoms with Crippen molar-refractivity contribution >= 4 is 8.56 Å². The highest BCUT2D eigenvalue weighted by Gasteiger charge is 2.29. The fraction of sp³-hybridized carbons (Fsp3) is 0.833. The van der Waals surface area contributed by atoms with Crippen LogP contribution in [0.3, 0.4) is 0 Å². The molecule has 3 heteroatoms. The topological polar surface area (TPSA) is 18.5 Å². The van der Waals surface area contributed by atoms with Gasteiger partial charge in [0.15, 0.2) is 0 Å². The van der Waals surface area contributed by atoms with Crippen LogP contribution in [-0.2, 0) is 8.85 Å². The molecule has 0 atom stereocenters. The number of hydrogen-bond donors (Lipinski definition) is 0. The van der Waals surface area contributed by atoms with E-state index in [1.54, 1.807) is 0 Å². The first-order chi connectivity index (χ1) is 7.04. The van der Waals surface area contributed by atoms with Gasteiger partial charge in [0.05, 0.1) is 0 Å². The van der Waals surface area contributed by atoms with E-state index in [0.29, 0.717) is 0 Å². The Balaban J connectivity index is 3.79. The lowest BCUT2D eigenvalue weighted by molar-refractivity contribution is 0.188. The quantitative estimate of drug-likeness (QED) is 0.340. The van der Waals surface area contributed by atoms with Crippen LogP contribution in [0.1, 0.15) is 40.0 Å². The Morgan fingerprint density at radius 1 is 1.13 bits per heavy atom. The molecule has 0 saturated heterocycles. The van der Waals surface area contributed by atoms with Crippen LogP contribution in [0.15, 0.2) is 12.2 Å². The summed E-state index contributed by atoms with van der Waals surface area (Å²) in [5, 5.41) is 0. The molecule has 0 aromatic rings. The van der Waals surface area contributed by atoms with Crippen LogP contribution in [0.4, 0.5) is 0 Å². The van der Waals surface area contributed by atoms with Gasteiger partial charge in [-0.25, -0.2) is 0 Å². The highest BCUT2D eigenvalue weighted by atomic mass is 28.4. The molecule has 0 N–H and O–H groups in total. The Kier molecular flexibility index (Phi) is 8.01. The molecule has 0 fully saturated rings. The van der Waals surface area contributed by atoms with Crippen molar-refractivity contribution in [2.75, 3.05) is 13.2 Å². The molecule has 15 heavy (non-hydrogen) atoms. The molecule has 2 nitrogen and oxygen atoms in total. The van der Waals surface area contributed by atoms with E-state index in [4.69, 9.17) is 8.85 Å². The molecule has 0 aliphatic rings. The Morgan fingerprint density at radius 2 is 1.67 bits per heavy atom. The van der Waals surface area contributed by atoms with E-state index in [2.05, 4.69) is 20.0 Å². The number of allylic oxidation sites excluding steroid dienone is 1. The minimum Gasteiger partial charge on any atom is -0.395 e. The third-order valence-electron chi connectivity index (χ3n) is 2.38. The van der Waals surface area contributed by atoms with E-state index in [1.807, 2.05) is 13.8 Å². The van der Waals surface area contributed by atoms with Crippen molar-refractivity contribution in [2.24, 2.45) is 0 Å². The summed E-state index contributed by atoms with van der Waals surface area (Å²) in [6, 6.07) is 1.10. The Bertz CT molecular complexity index is 174. The summed E-state index contributed by atoms with van der Waals surface area (Å²) in [4.78, 5) is 0. The lowest BCUT2D eigenvalue weighted by atomic mass is 10.2. The van der Waals surface area contributed by atoms with E-state index < -0.39 is 8.56 Å². The third kappa shape index (κ3) is 7.77. The van der Waals surface area contributed by atoms with E-state index in [1.165, 1.54) is 18.4 Å².